The van der Waals surface area contributed by atoms with Gasteiger partial charge in [-0.05, 0) is 38.5 Å². The van der Waals surface area contributed by atoms with Crippen LogP contribution in [-0.4, -0.2) is 36.4 Å². The molecule has 3 aromatic rings. The van der Waals surface area contributed by atoms with E-state index in [0.29, 0.717) is 12.2 Å². The van der Waals surface area contributed by atoms with Crippen LogP contribution in [-0.2, 0) is 17.9 Å². The second kappa shape index (κ2) is 6.69. The number of hydrogen-bond acceptors (Lipinski definition) is 4. The van der Waals surface area contributed by atoms with E-state index in [4.69, 9.17) is 0 Å². The van der Waals surface area contributed by atoms with Gasteiger partial charge >= 0.3 is 5.69 Å². The van der Waals surface area contributed by atoms with Gasteiger partial charge in [-0.1, -0.05) is 6.07 Å². The zero-order chi connectivity index (χ0) is 17.1. The van der Waals surface area contributed by atoms with Gasteiger partial charge in [-0.3, -0.25) is 13.9 Å². The van der Waals surface area contributed by atoms with Crippen molar-refractivity contribution in [1.29, 1.82) is 0 Å². The first-order valence-corrected chi connectivity index (χ1v) is 7.86. The maximum absolute atomic E-state index is 12.1. The number of pyridine rings is 1. The molecular weight excluding hydrogens is 308 g/mol. The highest BCUT2D eigenvalue weighted by Gasteiger charge is 2.10. The number of aromatic nitrogens is 5. The van der Waals surface area contributed by atoms with Crippen LogP contribution >= 0.6 is 0 Å². The Labute approximate surface area is 138 Å². The van der Waals surface area contributed by atoms with E-state index in [2.05, 4.69) is 15.5 Å². The summed E-state index contributed by atoms with van der Waals surface area (Å²) in [6, 6.07) is 7.29. The number of fused-ring (bicyclic) bond motifs is 1. The van der Waals surface area contributed by atoms with Crippen LogP contribution in [0.25, 0.3) is 5.65 Å². The molecule has 126 valence electrons. The molecule has 0 saturated carbocycles. The van der Waals surface area contributed by atoms with Gasteiger partial charge in [0, 0.05) is 25.0 Å². The first-order valence-electron chi connectivity index (χ1n) is 7.86. The summed E-state index contributed by atoms with van der Waals surface area (Å²) >= 11 is 0. The first-order chi connectivity index (χ1) is 11.5. The maximum atomic E-state index is 12.1. The molecule has 3 heterocycles. The highest BCUT2D eigenvalue weighted by molar-refractivity contribution is 5.75. The Morgan fingerprint density at radius 3 is 2.75 bits per heavy atom. The molecule has 0 bridgehead atoms. The third kappa shape index (κ3) is 3.37. The molecular formula is C16H20N6O2. The van der Waals surface area contributed by atoms with Crippen molar-refractivity contribution in [1.82, 2.24) is 29.3 Å². The molecule has 0 aromatic carbocycles. The Morgan fingerprint density at radius 2 is 2.04 bits per heavy atom. The maximum Gasteiger partial charge on any atom is 0.350 e. The minimum atomic E-state index is -0.316. The standard InChI is InChI=1S/C16H20N6O2/c1-12-10-13(2)21(18-12)9-5-7-17-15(23)11-22-16(24)20-8-4-3-6-14(20)19-22/h3-4,6,8,10H,5,7,9,11H2,1-2H3,(H,17,23). The third-order valence-corrected chi connectivity index (χ3v) is 3.75. The molecule has 0 aliphatic carbocycles. The van der Waals surface area contributed by atoms with Gasteiger partial charge in [0.05, 0.1) is 5.69 Å². The number of nitrogens with one attached hydrogen (secondary N) is 1. The Bertz CT molecular complexity index is 920. The molecule has 24 heavy (non-hydrogen) atoms. The molecule has 0 atom stereocenters. The molecule has 8 heteroatoms. The number of nitrogens with zero attached hydrogens (tertiary/aromatic N) is 5. The number of carbonyl (C=O) groups is 1. The first kappa shape index (κ1) is 16.0. The summed E-state index contributed by atoms with van der Waals surface area (Å²) in [6.45, 7) is 5.15. The summed E-state index contributed by atoms with van der Waals surface area (Å²) in [4.78, 5) is 24.1. The summed E-state index contributed by atoms with van der Waals surface area (Å²) in [7, 11) is 0. The fourth-order valence-corrected chi connectivity index (χ4v) is 2.62. The summed E-state index contributed by atoms with van der Waals surface area (Å²) in [6.07, 6.45) is 2.40. The van der Waals surface area contributed by atoms with E-state index in [1.165, 1.54) is 9.08 Å². The predicted molar refractivity (Wildman–Crippen MR) is 88.8 cm³/mol. The van der Waals surface area contributed by atoms with Gasteiger partial charge in [0.2, 0.25) is 5.91 Å². The van der Waals surface area contributed by atoms with Crippen LogP contribution in [0, 0.1) is 13.8 Å². The van der Waals surface area contributed by atoms with Gasteiger partial charge in [-0.2, -0.15) is 5.10 Å². The Hall–Kier alpha value is -2.90. The SMILES string of the molecule is Cc1cc(C)n(CCCNC(=O)Cn2nc3ccccn3c2=O)n1. The smallest absolute Gasteiger partial charge is 0.350 e. The van der Waals surface area contributed by atoms with Crippen LogP contribution in [0.1, 0.15) is 17.8 Å². The van der Waals surface area contributed by atoms with E-state index >= 15 is 0 Å². The quantitative estimate of drug-likeness (QED) is 0.668. The number of rotatable bonds is 6. The van der Waals surface area contributed by atoms with Gasteiger partial charge in [0.15, 0.2) is 5.65 Å². The molecule has 8 nitrogen and oxygen atoms in total. The van der Waals surface area contributed by atoms with Crippen molar-refractivity contribution >= 4 is 11.6 Å². The summed E-state index contributed by atoms with van der Waals surface area (Å²) in [5, 5.41) is 11.3. The van der Waals surface area contributed by atoms with E-state index < -0.39 is 0 Å². The normalized spacial score (nSPS) is 11.1. The lowest BCUT2D eigenvalue weighted by molar-refractivity contribution is -0.121. The van der Waals surface area contributed by atoms with E-state index in [1.807, 2.05) is 24.6 Å². The van der Waals surface area contributed by atoms with Gasteiger partial charge in [-0.25, -0.2) is 9.48 Å². The van der Waals surface area contributed by atoms with Crippen LogP contribution in [0.5, 0.6) is 0 Å². The second-order valence-electron chi connectivity index (χ2n) is 5.72. The summed E-state index contributed by atoms with van der Waals surface area (Å²) < 4.78 is 4.51. The highest BCUT2D eigenvalue weighted by Crippen LogP contribution is 2.02. The van der Waals surface area contributed by atoms with Gasteiger partial charge in [0.25, 0.3) is 0 Å². The van der Waals surface area contributed by atoms with Crippen LogP contribution in [0.4, 0.5) is 0 Å². The predicted octanol–water partition coefficient (Wildman–Crippen LogP) is 0.516. The second-order valence-corrected chi connectivity index (χ2v) is 5.72. The largest absolute Gasteiger partial charge is 0.354 e. The third-order valence-electron chi connectivity index (χ3n) is 3.75. The van der Waals surface area contributed by atoms with Crippen molar-refractivity contribution in [3.05, 3.63) is 52.3 Å². The lowest BCUT2D eigenvalue weighted by Gasteiger charge is -2.06. The molecule has 3 rings (SSSR count). The minimum Gasteiger partial charge on any atom is -0.354 e. The lowest BCUT2D eigenvalue weighted by atomic mass is 10.4. The van der Waals surface area contributed by atoms with Crippen LogP contribution in [0.15, 0.2) is 35.3 Å². The fourth-order valence-electron chi connectivity index (χ4n) is 2.62. The van der Waals surface area contributed by atoms with Crippen molar-refractivity contribution in [3.63, 3.8) is 0 Å². The van der Waals surface area contributed by atoms with Crippen molar-refractivity contribution in [2.24, 2.45) is 0 Å². The molecule has 0 saturated heterocycles. The average molecular weight is 328 g/mol. The van der Waals surface area contributed by atoms with Gasteiger partial charge in [0.1, 0.15) is 6.54 Å². The van der Waals surface area contributed by atoms with E-state index in [1.54, 1.807) is 24.4 Å². The monoisotopic (exact) mass is 328 g/mol. The Kier molecular flexibility index (Phi) is 4.45. The number of carbonyl (C=O) groups excluding carboxylic acids is 1. The zero-order valence-corrected chi connectivity index (χ0v) is 13.8. The van der Waals surface area contributed by atoms with Gasteiger partial charge in [-0.15, -0.1) is 5.10 Å². The summed E-state index contributed by atoms with van der Waals surface area (Å²) in [5.41, 5.74) is 2.31. The molecule has 3 aromatic heterocycles. The topological polar surface area (TPSA) is 86.2 Å². The number of hydrogen-bond donors (Lipinski definition) is 1. The highest BCUT2D eigenvalue weighted by atomic mass is 16.2. The minimum absolute atomic E-state index is 0.0829. The number of amides is 1. The van der Waals surface area contributed by atoms with Crippen molar-refractivity contribution in [2.75, 3.05) is 6.54 Å². The van der Waals surface area contributed by atoms with E-state index in [0.717, 1.165) is 24.4 Å². The van der Waals surface area contributed by atoms with Crippen LogP contribution in [0.3, 0.4) is 0 Å². The van der Waals surface area contributed by atoms with Crippen LogP contribution in [0.2, 0.25) is 0 Å². The fraction of sp³-hybridized carbons (Fsp3) is 0.375. The average Bonchev–Trinajstić information content (AvgIpc) is 3.04. The van der Waals surface area contributed by atoms with Gasteiger partial charge < -0.3 is 5.32 Å². The molecule has 1 N–H and O–H groups in total. The lowest BCUT2D eigenvalue weighted by Crippen LogP contribution is -2.33. The molecule has 0 spiro atoms. The molecule has 0 aliphatic heterocycles. The van der Waals surface area contributed by atoms with E-state index in [9.17, 15) is 9.59 Å². The Morgan fingerprint density at radius 1 is 1.21 bits per heavy atom. The van der Waals surface area contributed by atoms with Crippen LogP contribution < -0.4 is 11.0 Å². The molecule has 0 aliphatic rings. The molecule has 0 unspecified atom stereocenters. The van der Waals surface area contributed by atoms with Crippen molar-refractivity contribution < 1.29 is 4.79 Å². The molecule has 1 amide bonds. The number of aryl methyl sites for hydroxylation is 3. The van der Waals surface area contributed by atoms with Crippen molar-refractivity contribution in [2.45, 2.75) is 33.4 Å². The van der Waals surface area contributed by atoms with Crippen molar-refractivity contribution in [3.8, 4) is 0 Å². The molecule has 0 radical (unpaired) electrons. The van der Waals surface area contributed by atoms with E-state index in [-0.39, 0.29) is 18.1 Å². The summed E-state index contributed by atoms with van der Waals surface area (Å²) in [5.74, 6) is -0.228. The zero-order valence-electron chi connectivity index (χ0n) is 13.8. The molecule has 0 fully saturated rings. The Balaban J connectivity index is 1.51.